The van der Waals surface area contributed by atoms with Crippen molar-refractivity contribution in [3.05, 3.63) is 5.82 Å². The van der Waals surface area contributed by atoms with Gasteiger partial charge in [-0.3, -0.25) is 4.79 Å². The fourth-order valence-corrected chi connectivity index (χ4v) is 2.64. The largest absolute Gasteiger partial charge is 0.481 e. The highest BCUT2D eigenvalue weighted by Gasteiger charge is 2.25. The molecule has 1 N–H and O–H groups in total. The minimum atomic E-state index is -0.870. The van der Waals surface area contributed by atoms with Crippen LogP contribution in [0, 0.1) is 0 Å². The average molecular weight is 287 g/mol. The Kier molecular flexibility index (Phi) is 5.17. The van der Waals surface area contributed by atoms with Gasteiger partial charge in [-0.1, -0.05) is 11.8 Å². The Labute approximate surface area is 115 Å². The Morgan fingerprint density at radius 1 is 1.63 bits per heavy atom. The van der Waals surface area contributed by atoms with Gasteiger partial charge >= 0.3 is 5.97 Å². The highest BCUT2D eigenvalue weighted by Crippen LogP contribution is 2.29. The molecule has 8 heteroatoms. The van der Waals surface area contributed by atoms with Gasteiger partial charge in [0.2, 0.25) is 0 Å². The minimum Gasteiger partial charge on any atom is -0.481 e. The molecule has 0 saturated carbocycles. The SMILES string of the molecule is COCCn1c(SCC(=O)O)nnc1C1CCCO1. The maximum Gasteiger partial charge on any atom is 0.313 e. The minimum absolute atomic E-state index is 0.0311. The van der Waals surface area contributed by atoms with Crippen LogP contribution in [0.4, 0.5) is 0 Å². The van der Waals surface area contributed by atoms with E-state index in [0.29, 0.717) is 18.3 Å². The van der Waals surface area contributed by atoms with E-state index in [1.165, 1.54) is 0 Å². The number of methoxy groups -OCH3 is 1. The summed E-state index contributed by atoms with van der Waals surface area (Å²) in [6.45, 7) is 1.86. The van der Waals surface area contributed by atoms with E-state index < -0.39 is 5.97 Å². The van der Waals surface area contributed by atoms with Gasteiger partial charge in [0.15, 0.2) is 11.0 Å². The van der Waals surface area contributed by atoms with Crippen LogP contribution in [0.15, 0.2) is 5.16 Å². The van der Waals surface area contributed by atoms with Crippen molar-refractivity contribution in [2.75, 3.05) is 26.1 Å². The summed E-state index contributed by atoms with van der Waals surface area (Å²) >= 11 is 1.16. The molecule has 0 bridgehead atoms. The van der Waals surface area contributed by atoms with E-state index in [0.717, 1.165) is 37.0 Å². The molecule has 0 aromatic carbocycles. The maximum atomic E-state index is 10.6. The van der Waals surface area contributed by atoms with Gasteiger partial charge in [0.1, 0.15) is 6.10 Å². The second-order valence-corrected chi connectivity index (χ2v) is 5.11. The summed E-state index contributed by atoms with van der Waals surface area (Å²) in [5.41, 5.74) is 0. The number of carbonyl (C=O) groups is 1. The first-order chi connectivity index (χ1) is 9.22. The highest BCUT2D eigenvalue weighted by molar-refractivity contribution is 7.99. The Morgan fingerprint density at radius 3 is 3.11 bits per heavy atom. The van der Waals surface area contributed by atoms with Crippen LogP contribution >= 0.6 is 11.8 Å². The molecule has 19 heavy (non-hydrogen) atoms. The van der Waals surface area contributed by atoms with Crippen LogP contribution < -0.4 is 0 Å². The van der Waals surface area contributed by atoms with Crippen LogP contribution in [-0.2, 0) is 20.8 Å². The van der Waals surface area contributed by atoms with Crippen LogP contribution in [0.1, 0.15) is 24.8 Å². The van der Waals surface area contributed by atoms with Crippen molar-refractivity contribution in [1.82, 2.24) is 14.8 Å². The molecule has 0 radical (unpaired) electrons. The molecular weight excluding hydrogens is 270 g/mol. The van der Waals surface area contributed by atoms with Gasteiger partial charge < -0.3 is 19.1 Å². The van der Waals surface area contributed by atoms with Crippen molar-refractivity contribution in [1.29, 1.82) is 0 Å². The molecule has 0 spiro atoms. The maximum absolute atomic E-state index is 10.6. The standard InChI is InChI=1S/C11H17N3O4S/c1-17-6-4-14-10(8-3-2-5-18-8)12-13-11(14)19-7-9(15)16/h8H,2-7H2,1H3,(H,15,16). The lowest BCUT2D eigenvalue weighted by molar-refractivity contribution is -0.133. The molecule has 0 amide bonds. The molecule has 1 aliphatic heterocycles. The number of rotatable bonds is 7. The second-order valence-electron chi connectivity index (χ2n) is 4.17. The monoisotopic (exact) mass is 287 g/mol. The van der Waals surface area contributed by atoms with Gasteiger partial charge in [0.05, 0.1) is 12.4 Å². The molecule has 106 valence electrons. The molecule has 2 rings (SSSR count). The van der Waals surface area contributed by atoms with Gasteiger partial charge in [-0.25, -0.2) is 0 Å². The lowest BCUT2D eigenvalue weighted by Gasteiger charge is -2.12. The molecule has 2 heterocycles. The predicted octanol–water partition coefficient (Wildman–Crippen LogP) is 0.953. The van der Waals surface area contributed by atoms with E-state index >= 15 is 0 Å². The molecule has 1 unspecified atom stereocenters. The Hall–Kier alpha value is -1.12. The van der Waals surface area contributed by atoms with E-state index in [-0.39, 0.29) is 11.9 Å². The number of aromatic nitrogens is 3. The summed E-state index contributed by atoms with van der Waals surface area (Å²) in [5.74, 6) is -0.135. The summed E-state index contributed by atoms with van der Waals surface area (Å²) < 4.78 is 12.6. The summed E-state index contributed by atoms with van der Waals surface area (Å²) in [4.78, 5) is 10.6. The van der Waals surface area contributed by atoms with E-state index in [2.05, 4.69) is 10.2 Å². The number of thioether (sulfide) groups is 1. The number of hydrogen-bond acceptors (Lipinski definition) is 6. The lowest BCUT2D eigenvalue weighted by Crippen LogP contribution is -2.13. The summed E-state index contributed by atoms with van der Waals surface area (Å²) in [7, 11) is 1.63. The zero-order chi connectivity index (χ0) is 13.7. The van der Waals surface area contributed by atoms with Crippen LogP contribution in [-0.4, -0.2) is 51.9 Å². The summed E-state index contributed by atoms with van der Waals surface area (Å²) in [6.07, 6.45) is 1.90. The highest BCUT2D eigenvalue weighted by atomic mass is 32.2. The third-order valence-corrected chi connectivity index (χ3v) is 3.76. The van der Waals surface area contributed by atoms with Crippen molar-refractivity contribution >= 4 is 17.7 Å². The van der Waals surface area contributed by atoms with Gasteiger partial charge in [-0.2, -0.15) is 0 Å². The van der Waals surface area contributed by atoms with E-state index in [1.807, 2.05) is 4.57 Å². The molecule has 1 fully saturated rings. The Bertz CT molecular complexity index is 432. The molecule has 1 saturated heterocycles. The van der Waals surface area contributed by atoms with E-state index in [1.54, 1.807) is 7.11 Å². The first kappa shape index (κ1) is 14.3. The smallest absolute Gasteiger partial charge is 0.313 e. The van der Waals surface area contributed by atoms with Gasteiger partial charge in [-0.15, -0.1) is 10.2 Å². The number of ether oxygens (including phenoxy) is 2. The zero-order valence-electron chi connectivity index (χ0n) is 10.7. The second kappa shape index (κ2) is 6.88. The van der Waals surface area contributed by atoms with Gasteiger partial charge in [0.25, 0.3) is 0 Å². The predicted molar refractivity (Wildman–Crippen MR) is 68.2 cm³/mol. The normalized spacial score (nSPS) is 18.9. The van der Waals surface area contributed by atoms with Crippen LogP contribution in [0.25, 0.3) is 0 Å². The fraction of sp³-hybridized carbons (Fsp3) is 0.727. The Morgan fingerprint density at radius 2 is 2.47 bits per heavy atom. The fourth-order valence-electron chi connectivity index (χ4n) is 1.95. The molecule has 1 aromatic rings. The first-order valence-electron chi connectivity index (χ1n) is 6.10. The van der Waals surface area contributed by atoms with E-state index in [9.17, 15) is 4.79 Å². The van der Waals surface area contributed by atoms with Crippen molar-refractivity contribution in [2.24, 2.45) is 0 Å². The average Bonchev–Trinajstić information content (AvgIpc) is 3.02. The van der Waals surface area contributed by atoms with Crippen LogP contribution in [0.2, 0.25) is 0 Å². The third-order valence-electron chi connectivity index (χ3n) is 2.81. The topological polar surface area (TPSA) is 86.5 Å². The number of nitrogens with zero attached hydrogens (tertiary/aromatic N) is 3. The third kappa shape index (κ3) is 3.68. The summed E-state index contributed by atoms with van der Waals surface area (Å²) in [6, 6.07) is 0. The van der Waals surface area contributed by atoms with Crippen molar-refractivity contribution in [3.8, 4) is 0 Å². The van der Waals surface area contributed by atoms with Crippen molar-refractivity contribution < 1.29 is 19.4 Å². The molecule has 1 aromatic heterocycles. The van der Waals surface area contributed by atoms with Crippen molar-refractivity contribution in [3.63, 3.8) is 0 Å². The molecule has 0 aliphatic carbocycles. The number of aliphatic carboxylic acids is 1. The van der Waals surface area contributed by atoms with Crippen LogP contribution in [0.3, 0.4) is 0 Å². The number of carboxylic acid groups (broad SMARTS) is 1. The first-order valence-corrected chi connectivity index (χ1v) is 7.09. The van der Waals surface area contributed by atoms with Gasteiger partial charge in [-0.05, 0) is 12.8 Å². The summed E-state index contributed by atoms with van der Waals surface area (Å²) in [5, 5.41) is 17.5. The zero-order valence-corrected chi connectivity index (χ0v) is 11.6. The molecule has 1 atom stereocenters. The molecular formula is C11H17N3O4S. The lowest BCUT2D eigenvalue weighted by atomic mass is 10.2. The number of carboxylic acids is 1. The number of hydrogen-bond donors (Lipinski definition) is 1. The molecule has 7 nitrogen and oxygen atoms in total. The molecule has 1 aliphatic rings. The van der Waals surface area contributed by atoms with E-state index in [4.69, 9.17) is 14.6 Å². The van der Waals surface area contributed by atoms with Crippen molar-refractivity contribution in [2.45, 2.75) is 30.6 Å². The Balaban J connectivity index is 2.14. The van der Waals surface area contributed by atoms with Crippen LogP contribution in [0.5, 0.6) is 0 Å². The quantitative estimate of drug-likeness (QED) is 0.747. The van der Waals surface area contributed by atoms with Gasteiger partial charge in [0, 0.05) is 20.3 Å².